The van der Waals surface area contributed by atoms with Gasteiger partial charge < -0.3 is 0 Å². The van der Waals surface area contributed by atoms with Crippen LogP contribution >= 0.6 is 0 Å². The molecule has 0 aromatic rings. The van der Waals surface area contributed by atoms with Gasteiger partial charge >= 0.3 is 145 Å². The van der Waals surface area contributed by atoms with Gasteiger partial charge in [0, 0.05) is 0 Å². The summed E-state index contributed by atoms with van der Waals surface area (Å²) >= 11 is -8.40. The summed E-state index contributed by atoms with van der Waals surface area (Å²) in [6, 6.07) is 0. The molecule has 0 N–H and O–H groups in total. The minimum absolute atomic E-state index is 0. The first kappa shape index (κ1) is 29.4. The summed E-state index contributed by atoms with van der Waals surface area (Å²) in [5.41, 5.74) is 0. The molecule has 0 amide bonds. The molecule has 0 aliphatic rings. The summed E-state index contributed by atoms with van der Waals surface area (Å²) in [5.74, 6) is 0. The van der Waals surface area contributed by atoms with Gasteiger partial charge in [-0.15, -0.1) is 0 Å². The van der Waals surface area contributed by atoms with Crippen LogP contribution in [0.15, 0.2) is 0 Å². The molecule has 11 heteroatoms. The van der Waals surface area contributed by atoms with E-state index in [4.69, 9.17) is 20.3 Å². The number of hydrogen-bond acceptors (Lipinski definition) is 6. The summed E-state index contributed by atoms with van der Waals surface area (Å²) < 4.78 is 51.6. The fourth-order valence-corrected chi connectivity index (χ4v) is 0. The molecule has 6 radical (unpaired) electrons. The summed E-state index contributed by atoms with van der Waals surface area (Å²) in [6.45, 7) is 0. The summed E-state index contributed by atoms with van der Waals surface area (Å²) in [4.78, 5) is 0. The third kappa shape index (κ3) is 121. The third-order valence-electron chi connectivity index (χ3n) is 0. The average molecular weight is 961 g/mol. The zero-order valence-corrected chi connectivity index (χ0v) is 21.6. The monoisotopic (exact) mass is 962 g/mol. The molecule has 0 aliphatic heterocycles. The van der Waals surface area contributed by atoms with Gasteiger partial charge in [0.25, 0.3) is 0 Å². The van der Waals surface area contributed by atoms with Crippen LogP contribution in [0.3, 0.4) is 0 Å². The van der Waals surface area contributed by atoms with E-state index in [0.29, 0.717) is 0 Å². The van der Waals surface area contributed by atoms with Crippen molar-refractivity contribution in [2.24, 2.45) is 0 Å². The van der Waals surface area contributed by atoms with Gasteiger partial charge in [-0.05, 0) is 0 Å². The van der Waals surface area contributed by atoms with Gasteiger partial charge in [-0.25, -0.2) is 0 Å². The smallest absolute Gasteiger partial charge is 2.00 e. The van der Waals surface area contributed by atoms with Crippen LogP contribution in [0.2, 0.25) is 0 Å². The first-order chi connectivity index (χ1) is 3.46. The van der Waals surface area contributed by atoms with Crippen LogP contribution in [0.25, 0.3) is 0 Å². The van der Waals surface area contributed by atoms with Gasteiger partial charge in [0.2, 0.25) is 0 Å². The van der Waals surface area contributed by atoms with Crippen LogP contribution in [0.1, 0.15) is 0 Å². The topological polar surface area (TPSA) is 138 Å². The van der Waals surface area contributed by atoms with E-state index in [1.54, 1.807) is 0 Å². The van der Waals surface area contributed by atoms with Crippen LogP contribution in [-0.2, 0) is 0 Å². The first-order valence-electron chi connectivity index (χ1n) is 1.10. The minimum Gasteiger partial charge on any atom is 2.00 e. The fraction of sp³-hybridized carbons (Fsp3) is 0. The Morgan fingerprint density at radius 1 is 0.455 bits per heavy atom. The molecule has 0 aromatic carbocycles. The van der Waals surface area contributed by atoms with Crippen LogP contribution in [0.5, 0.6) is 0 Å². The van der Waals surface area contributed by atoms with Gasteiger partial charge in [0.1, 0.15) is 0 Å². The van der Waals surface area contributed by atoms with Crippen molar-refractivity contribution < 1.29 is 20.3 Å². The van der Waals surface area contributed by atoms with Crippen LogP contribution in [-0.4, -0.2) is 125 Å². The van der Waals surface area contributed by atoms with Crippen LogP contribution in [0, 0.1) is 0 Å². The summed E-state index contributed by atoms with van der Waals surface area (Å²) in [5, 5.41) is 0. The van der Waals surface area contributed by atoms with Crippen molar-refractivity contribution in [1.29, 1.82) is 0 Å². The second kappa shape index (κ2) is 23.8. The van der Waals surface area contributed by atoms with Crippen molar-refractivity contribution in [3.63, 3.8) is 0 Å². The van der Waals surface area contributed by atoms with E-state index in [2.05, 4.69) is 0 Å². The molecule has 0 fully saturated rings. The zero-order chi connectivity index (χ0) is 7.15. The Kier molecular flexibility index (Phi) is 63.6. The second-order valence-corrected chi connectivity index (χ2v) is 3.00. The Balaban J connectivity index is -0.0000000171. The van der Waals surface area contributed by atoms with E-state index in [1.807, 2.05) is 0 Å². The fourth-order valence-electron chi connectivity index (χ4n) is 0. The Morgan fingerprint density at radius 2 is 0.455 bits per heavy atom. The van der Waals surface area contributed by atoms with E-state index in [0.717, 1.165) is 0 Å². The van der Waals surface area contributed by atoms with Gasteiger partial charge in [-0.1, -0.05) is 0 Å². The van der Waals surface area contributed by atoms with Gasteiger partial charge in [0.05, 0.1) is 0 Å². The zero-order valence-electron chi connectivity index (χ0n) is 4.84. The molecule has 0 heterocycles. The third-order valence-corrected chi connectivity index (χ3v) is 0. The maximum Gasteiger partial charge on any atom is 2.00 e. The van der Waals surface area contributed by atoms with Gasteiger partial charge in [-0.3, -0.25) is 0 Å². The van der Waals surface area contributed by atoms with E-state index in [9.17, 15) is 0 Å². The molecule has 11 heavy (non-hydrogen) atoms. The van der Waals surface area contributed by atoms with Crippen LogP contribution < -0.4 is 20.3 Å². The van der Waals surface area contributed by atoms with Crippen molar-refractivity contribution >= 4 is 125 Å². The quantitative estimate of drug-likeness (QED) is 0.222. The molecule has 0 spiro atoms. The van der Waals surface area contributed by atoms with E-state index >= 15 is 0 Å². The molecule has 0 saturated carbocycles. The first-order valence-corrected chi connectivity index (χ1v) is 7.35. The predicted octanol–water partition coefficient (Wildman–Crippen LogP) is -9.04. The SMILES string of the molecule is [O-][Sb]([O-])[O-].[O-][Sb]([O-])[O-].[Pb+2].[Pb+2].[Pb+2]. The molecule has 0 aliphatic carbocycles. The van der Waals surface area contributed by atoms with Gasteiger partial charge in [-0.2, -0.15) is 0 Å². The molecule has 0 aromatic heterocycles. The standard InChI is InChI=1S/6O.3Pb.2Sb/q6*-1;3*+2;;. The molecule has 6 nitrogen and oxygen atoms in total. The van der Waals surface area contributed by atoms with E-state index in [-0.39, 0.29) is 81.9 Å². The summed E-state index contributed by atoms with van der Waals surface area (Å²) in [6.07, 6.45) is 0. The maximum atomic E-state index is 8.60. The Hall–Kier alpha value is 4.16. The van der Waals surface area contributed by atoms with Gasteiger partial charge in [0.15, 0.2) is 0 Å². The molecular formula is O6Pb3Sb2. The van der Waals surface area contributed by atoms with Crippen molar-refractivity contribution in [3.8, 4) is 0 Å². The maximum absolute atomic E-state index is 8.60. The molecule has 58 valence electrons. The molecule has 0 unspecified atom stereocenters. The molecular weight excluding hydrogens is 961 g/mol. The van der Waals surface area contributed by atoms with Crippen molar-refractivity contribution in [2.75, 3.05) is 0 Å². The number of hydrogen-bond donors (Lipinski definition) is 0. The second-order valence-electron chi connectivity index (χ2n) is 0.447. The van der Waals surface area contributed by atoms with E-state index < -0.39 is 42.9 Å². The Labute approximate surface area is 142 Å². The Morgan fingerprint density at radius 3 is 0.455 bits per heavy atom. The molecule has 0 atom stereocenters. The molecule has 0 bridgehead atoms. The number of rotatable bonds is 0. The predicted molar refractivity (Wildman–Crippen MR) is 28.8 cm³/mol. The molecule has 0 rings (SSSR count). The van der Waals surface area contributed by atoms with Crippen molar-refractivity contribution in [1.82, 2.24) is 0 Å². The van der Waals surface area contributed by atoms with Crippen molar-refractivity contribution in [3.05, 3.63) is 0 Å². The largest absolute Gasteiger partial charge is 2.00 e. The molecule has 0 saturated heterocycles. The van der Waals surface area contributed by atoms with Crippen molar-refractivity contribution in [2.45, 2.75) is 0 Å². The average Bonchev–Trinajstić information content (AvgIpc) is 1.25. The normalized spacial score (nSPS) is 6.55. The summed E-state index contributed by atoms with van der Waals surface area (Å²) in [7, 11) is 0. The van der Waals surface area contributed by atoms with E-state index in [1.165, 1.54) is 0 Å². The Bertz CT molecular complexity index is 31.3. The van der Waals surface area contributed by atoms with Crippen LogP contribution in [0.4, 0.5) is 0 Å². The minimum atomic E-state index is -4.20.